The topological polar surface area (TPSA) is 143 Å². The second kappa shape index (κ2) is 291. The van der Waals surface area contributed by atoms with Gasteiger partial charge in [-0.2, -0.15) is 0 Å². The van der Waals surface area contributed by atoms with E-state index in [1.54, 1.807) is 0 Å². The van der Waals surface area contributed by atoms with Gasteiger partial charge in [0.1, 0.15) is 0 Å². The standard InChI is InChI=1S/6CN.Co.Li/c6*1-2;;/q6*-1;;. The van der Waals surface area contributed by atoms with E-state index in [0.717, 1.165) is 0 Å². The van der Waals surface area contributed by atoms with Crippen molar-refractivity contribution in [2.24, 2.45) is 0 Å². The minimum Gasteiger partial charge on any atom is -0.512 e. The molecule has 0 atom stereocenters. The largest absolute Gasteiger partial charge is 0.512 e. The van der Waals surface area contributed by atoms with E-state index in [-0.39, 0.29) is 35.6 Å². The van der Waals surface area contributed by atoms with Gasteiger partial charge >= 0.3 is 0 Å². The van der Waals surface area contributed by atoms with E-state index in [9.17, 15) is 0 Å². The van der Waals surface area contributed by atoms with Crippen molar-refractivity contribution in [1.82, 2.24) is 0 Å². The first-order chi connectivity index (χ1) is 6.00. The maximum absolute atomic E-state index is 6.25. The number of rotatable bonds is 0. The molecule has 0 amide bonds. The van der Waals surface area contributed by atoms with Crippen molar-refractivity contribution in [2.45, 2.75) is 0 Å². The Bertz CT molecular complexity index is 97.3. The third-order valence-electron chi connectivity index (χ3n) is 0. The second-order valence-electron chi connectivity index (χ2n) is 0. The van der Waals surface area contributed by atoms with Crippen LogP contribution in [0.2, 0.25) is 0 Å². The average molecular weight is 222 g/mol. The van der Waals surface area contributed by atoms with Gasteiger partial charge in [0.15, 0.2) is 0 Å². The summed E-state index contributed by atoms with van der Waals surface area (Å²) in [6, 6.07) is 0. The molecule has 0 aliphatic rings. The molecule has 0 aliphatic heterocycles. The Morgan fingerprint density at radius 3 is 0.357 bits per heavy atom. The number of nitrogens with zero attached hydrogens (tertiary/aromatic N) is 6. The summed E-state index contributed by atoms with van der Waals surface area (Å²) in [5, 5.41) is 37.5. The van der Waals surface area contributed by atoms with Crippen LogP contribution < -0.4 is 0 Å². The van der Waals surface area contributed by atoms with Crippen LogP contribution in [0.3, 0.4) is 0 Å². The quantitative estimate of drug-likeness (QED) is 0.422. The second-order valence-corrected chi connectivity index (χ2v) is 0. The van der Waals surface area contributed by atoms with E-state index >= 15 is 0 Å². The van der Waals surface area contributed by atoms with Crippen LogP contribution in [0.5, 0.6) is 0 Å². The molecular weight excluding hydrogens is 222 g/mol. The van der Waals surface area contributed by atoms with Crippen molar-refractivity contribution in [3.63, 3.8) is 0 Å². The first-order valence-corrected chi connectivity index (χ1v) is 1.34. The smallest absolute Gasteiger partial charge is 0 e. The van der Waals surface area contributed by atoms with Crippen molar-refractivity contribution in [3.05, 3.63) is 39.4 Å². The Hall–Kier alpha value is -1.96. The van der Waals surface area contributed by atoms with Crippen LogP contribution in [0, 0.1) is 71.0 Å². The normalized spacial score (nSPS) is 0.857. The molecule has 0 saturated heterocycles. The molecule has 6 nitrogen and oxygen atoms in total. The molecular formula is C6CoLiN6-6. The summed E-state index contributed by atoms with van der Waals surface area (Å²) in [6.45, 7) is 28.5. The molecule has 0 spiro atoms. The van der Waals surface area contributed by atoms with Crippen LogP contribution in [0.25, 0.3) is 0 Å². The van der Waals surface area contributed by atoms with Crippen LogP contribution >= 0.6 is 0 Å². The van der Waals surface area contributed by atoms with E-state index in [2.05, 4.69) is 0 Å². The predicted octanol–water partition coefficient (Wildman–Crippen LogP) is 0.195. The van der Waals surface area contributed by atoms with Gasteiger partial charge in [0.25, 0.3) is 0 Å². The summed E-state index contributed by atoms with van der Waals surface area (Å²) in [7, 11) is 0. The Morgan fingerprint density at radius 2 is 0.357 bits per heavy atom. The summed E-state index contributed by atoms with van der Waals surface area (Å²) in [5.74, 6) is 0. The molecule has 0 N–H and O–H groups in total. The van der Waals surface area contributed by atoms with Gasteiger partial charge in [-0.25, -0.2) is 0 Å². The fourth-order valence-corrected chi connectivity index (χ4v) is 0. The van der Waals surface area contributed by atoms with Crippen LogP contribution in [0.15, 0.2) is 0 Å². The van der Waals surface area contributed by atoms with E-state index in [0.29, 0.717) is 0 Å². The summed E-state index contributed by atoms with van der Waals surface area (Å²) >= 11 is 0. The van der Waals surface area contributed by atoms with Gasteiger partial charge in [0.2, 0.25) is 0 Å². The maximum atomic E-state index is 6.25. The molecule has 8 heteroatoms. The van der Waals surface area contributed by atoms with Crippen LogP contribution in [0.1, 0.15) is 0 Å². The van der Waals surface area contributed by atoms with Gasteiger partial charge in [-0.05, 0) is 0 Å². The molecule has 0 fully saturated rings. The molecule has 0 heterocycles. The van der Waals surface area contributed by atoms with Crippen LogP contribution in [0.4, 0.5) is 0 Å². The Kier molecular flexibility index (Phi) is 1870. The molecule has 0 saturated carbocycles. The molecule has 14 heavy (non-hydrogen) atoms. The Balaban J connectivity index is -0.00000000500. The van der Waals surface area contributed by atoms with Crippen LogP contribution in [-0.4, -0.2) is 18.9 Å². The summed E-state index contributed by atoms with van der Waals surface area (Å²) < 4.78 is 0. The van der Waals surface area contributed by atoms with Gasteiger partial charge in [-0.15, -0.1) is 0 Å². The summed E-state index contributed by atoms with van der Waals surface area (Å²) in [6.07, 6.45) is 0. The zero-order chi connectivity index (χ0) is 12.0. The Morgan fingerprint density at radius 1 is 0.357 bits per heavy atom. The first-order valence-electron chi connectivity index (χ1n) is 1.34. The predicted molar refractivity (Wildman–Crippen MR) is 35.6 cm³/mol. The van der Waals surface area contributed by atoms with Crippen molar-refractivity contribution >= 4 is 18.9 Å². The van der Waals surface area contributed by atoms with E-state index < -0.39 is 0 Å². The van der Waals surface area contributed by atoms with Gasteiger partial charge in [-0.3, -0.25) is 0 Å². The van der Waals surface area contributed by atoms with Crippen molar-refractivity contribution in [3.8, 4) is 0 Å². The minimum atomic E-state index is 0. The summed E-state index contributed by atoms with van der Waals surface area (Å²) in [4.78, 5) is 0. The maximum Gasteiger partial charge on any atom is 0 e. The summed E-state index contributed by atoms with van der Waals surface area (Å²) in [5.41, 5.74) is 0. The van der Waals surface area contributed by atoms with Gasteiger partial charge in [0.05, 0.1) is 0 Å². The molecule has 0 unspecified atom stereocenters. The monoisotopic (exact) mass is 222 g/mol. The molecule has 70 valence electrons. The van der Waals surface area contributed by atoms with E-state index in [4.69, 9.17) is 71.0 Å². The molecule has 0 aromatic heterocycles. The molecule has 0 bridgehead atoms. The van der Waals surface area contributed by atoms with Gasteiger partial charge in [-0.1, -0.05) is 0 Å². The van der Waals surface area contributed by atoms with E-state index in [1.165, 1.54) is 0 Å². The SMILES string of the molecule is [C-]#N.[C-]#N.[C-]#N.[C-]#N.[C-]#N.[C-]#N.[Co].[Li]. The van der Waals surface area contributed by atoms with Gasteiger partial charge in [0, 0.05) is 35.6 Å². The molecule has 2 radical (unpaired) electrons. The molecule has 0 aromatic rings. The number of hydrogen-bond donors (Lipinski definition) is 0. The molecule has 0 rings (SSSR count). The third kappa shape index (κ3) is 215. The van der Waals surface area contributed by atoms with Crippen molar-refractivity contribution in [1.29, 1.82) is 31.6 Å². The first kappa shape index (κ1) is 89.8. The Labute approximate surface area is 107 Å². The zero-order valence-corrected chi connectivity index (χ0v) is 8.06. The molecule has 0 aliphatic carbocycles. The third-order valence-corrected chi connectivity index (χ3v) is 0. The zero-order valence-electron chi connectivity index (χ0n) is 7.02. The van der Waals surface area contributed by atoms with Crippen LogP contribution in [-0.2, 0) is 16.8 Å². The van der Waals surface area contributed by atoms with Gasteiger partial charge < -0.3 is 71.0 Å². The van der Waals surface area contributed by atoms with E-state index in [1.807, 2.05) is 0 Å². The average Bonchev–Trinajstić information content (AvgIpc) is 2.33. The number of hydrogen-bond acceptors (Lipinski definition) is 6. The minimum absolute atomic E-state index is 0. The molecule has 0 aromatic carbocycles. The fraction of sp³-hybridized carbons (Fsp3) is 0. The van der Waals surface area contributed by atoms with Crippen molar-refractivity contribution < 1.29 is 16.8 Å². The van der Waals surface area contributed by atoms with Crippen molar-refractivity contribution in [2.75, 3.05) is 0 Å². The fourth-order valence-electron chi connectivity index (χ4n) is 0.